The van der Waals surface area contributed by atoms with Gasteiger partial charge in [0.05, 0.1) is 25.1 Å². The minimum Gasteiger partial charge on any atom is -0.493 e. The van der Waals surface area contributed by atoms with E-state index in [4.69, 9.17) is 14.2 Å². The van der Waals surface area contributed by atoms with Crippen molar-refractivity contribution in [3.05, 3.63) is 50.9 Å². The molecule has 0 radical (unpaired) electrons. The van der Waals surface area contributed by atoms with Gasteiger partial charge in [-0.1, -0.05) is 12.1 Å². The van der Waals surface area contributed by atoms with Crippen LogP contribution in [-0.2, 0) is 4.74 Å². The zero-order valence-corrected chi connectivity index (χ0v) is 18.2. The van der Waals surface area contributed by atoms with Crippen molar-refractivity contribution in [2.24, 2.45) is 0 Å². The average Bonchev–Trinajstić information content (AvgIpc) is 3.08. The molecule has 0 aliphatic rings. The fourth-order valence-electron chi connectivity index (χ4n) is 3.03. The number of methoxy groups -OCH3 is 1. The number of aromatic amines is 1. The highest BCUT2D eigenvalue weighted by Gasteiger charge is 2.21. The Morgan fingerprint density at radius 1 is 1.30 bits per heavy atom. The minimum atomic E-state index is -0.432. The number of para-hydroxylation sites is 2. The number of benzene rings is 1. The Morgan fingerprint density at radius 2 is 2.03 bits per heavy atom. The predicted octanol–water partition coefficient (Wildman–Crippen LogP) is 3.21. The van der Waals surface area contributed by atoms with Gasteiger partial charge < -0.3 is 24.5 Å². The van der Waals surface area contributed by atoms with Gasteiger partial charge in [-0.25, -0.2) is 9.78 Å². The van der Waals surface area contributed by atoms with Gasteiger partial charge in [0.1, 0.15) is 22.1 Å². The molecule has 0 spiro atoms. The molecule has 2 aromatic heterocycles. The maximum absolute atomic E-state index is 12.6. The molecule has 0 fully saturated rings. The van der Waals surface area contributed by atoms with Crippen molar-refractivity contribution in [3.8, 4) is 11.5 Å². The van der Waals surface area contributed by atoms with Crippen LogP contribution in [0, 0.1) is 6.92 Å². The number of esters is 1. The predicted molar refractivity (Wildman–Crippen MR) is 116 cm³/mol. The van der Waals surface area contributed by atoms with Crippen LogP contribution in [0.25, 0.3) is 10.2 Å². The van der Waals surface area contributed by atoms with Crippen LogP contribution < -0.4 is 20.3 Å². The highest BCUT2D eigenvalue weighted by molar-refractivity contribution is 7.20. The second kappa shape index (κ2) is 9.73. The van der Waals surface area contributed by atoms with Crippen LogP contribution in [-0.4, -0.2) is 42.8 Å². The molecule has 8 nitrogen and oxygen atoms in total. The molecular formula is C21H25N3O5S. The normalized spacial score (nSPS) is 12.0. The smallest absolute Gasteiger partial charge is 0.348 e. The van der Waals surface area contributed by atoms with Crippen LogP contribution in [0.2, 0.25) is 0 Å². The Morgan fingerprint density at radius 3 is 2.73 bits per heavy atom. The van der Waals surface area contributed by atoms with E-state index in [1.54, 1.807) is 21.0 Å². The lowest BCUT2D eigenvalue weighted by Gasteiger charge is -2.14. The summed E-state index contributed by atoms with van der Waals surface area (Å²) >= 11 is 1.18. The van der Waals surface area contributed by atoms with Gasteiger partial charge in [0.25, 0.3) is 5.56 Å². The molecule has 3 rings (SSSR count). The summed E-state index contributed by atoms with van der Waals surface area (Å²) in [5, 5.41) is 3.71. The molecule has 0 saturated heterocycles. The van der Waals surface area contributed by atoms with Crippen LogP contribution in [0.3, 0.4) is 0 Å². The summed E-state index contributed by atoms with van der Waals surface area (Å²) in [7, 11) is 1.60. The van der Waals surface area contributed by atoms with Crippen molar-refractivity contribution in [3.63, 3.8) is 0 Å². The number of hydrogen-bond donors (Lipinski definition) is 2. The molecule has 1 aromatic carbocycles. The fourth-order valence-corrected chi connectivity index (χ4v) is 4.11. The molecule has 0 aliphatic heterocycles. The summed E-state index contributed by atoms with van der Waals surface area (Å²) < 4.78 is 16.1. The van der Waals surface area contributed by atoms with Gasteiger partial charge in [0, 0.05) is 6.54 Å². The zero-order valence-electron chi connectivity index (χ0n) is 17.4. The van der Waals surface area contributed by atoms with Gasteiger partial charge in [-0.2, -0.15) is 0 Å². The molecule has 0 amide bonds. The van der Waals surface area contributed by atoms with Crippen LogP contribution in [0.1, 0.15) is 40.9 Å². The minimum absolute atomic E-state index is 0.211. The Hall–Kier alpha value is -2.91. The molecule has 0 saturated carbocycles. The van der Waals surface area contributed by atoms with Crippen molar-refractivity contribution < 1.29 is 19.0 Å². The Kier molecular flexibility index (Phi) is 7.07. The van der Waals surface area contributed by atoms with Crippen molar-refractivity contribution >= 4 is 27.5 Å². The van der Waals surface area contributed by atoms with E-state index < -0.39 is 5.97 Å². The van der Waals surface area contributed by atoms with Gasteiger partial charge in [-0.05, 0) is 38.5 Å². The number of rotatable bonds is 9. The quantitative estimate of drug-likeness (QED) is 0.396. The number of hydrogen-bond acceptors (Lipinski definition) is 8. The standard InChI is InChI=1S/C21H25N3O5S/c1-5-28-21(26)17-12(2)16-19(25)23-18(24-20(16)30-17)13(3)22-10-11-29-15-9-7-6-8-14(15)27-4/h6-9,13,22H,5,10-11H2,1-4H3,(H,23,24,25). The Labute approximate surface area is 178 Å². The summed E-state index contributed by atoms with van der Waals surface area (Å²) in [5.74, 6) is 1.41. The maximum atomic E-state index is 12.6. The summed E-state index contributed by atoms with van der Waals surface area (Å²) in [6.45, 7) is 6.62. The topological polar surface area (TPSA) is 103 Å². The molecule has 9 heteroatoms. The lowest BCUT2D eigenvalue weighted by Crippen LogP contribution is -2.27. The number of nitrogens with zero attached hydrogens (tertiary/aromatic N) is 1. The molecule has 0 bridgehead atoms. The SMILES string of the molecule is CCOC(=O)c1sc2nc(C(C)NCCOc3ccccc3OC)[nH]c(=O)c2c1C. The molecule has 30 heavy (non-hydrogen) atoms. The third kappa shape index (κ3) is 4.63. The van der Waals surface area contributed by atoms with Crippen molar-refractivity contribution in [2.75, 3.05) is 26.9 Å². The Balaban J connectivity index is 1.68. The summed E-state index contributed by atoms with van der Waals surface area (Å²) in [4.78, 5) is 33.0. The number of carbonyl (C=O) groups excluding carboxylic acids is 1. The van der Waals surface area contributed by atoms with Gasteiger partial charge in [-0.3, -0.25) is 4.79 Å². The van der Waals surface area contributed by atoms with E-state index in [1.165, 1.54) is 11.3 Å². The van der Waals surface area contributed by atoms with Crippen LogP contribution in [0.4, 0.5) is 0 Å². The highest BCUT2D eigenvalue weighted by atomic mass is 32.1. The number of thiophene rings is 1. The van der Waals surface area contributed by atoms with Gasteiger partial charge >= 0.3 is 5.97 Å². The largest absolute Gasteiger partial charge is 0.493 e. The number of ether oxygens (including phenoxy) is 3. The van der Waals surface area contributed by atoms with Crippen LogP contribution in [0.5, 0.6) is 11.5 Å². The van der Waals surface area contributed by atoms with E-state index in [-0.39, 0.29) is 18.2 Å². The van der Waals surface area contributed by atoms with E-state index in [1.807, 2.05) is 31.2 Å². The van der Waals surface area contributed by atoms with E-state index in [2.05, 4.69) is 15.3 Å². The summed E-state index contributed by atoms with van der Waals surface area (Å²) in [5.41, 5.74) is 0.331. The molecular weight excluding hydrogens is 406 g/mol. The number of aromatic nitrogens is 2. The highest BCUT2D eigenvalue weighted by Crippen LogP contribution is 2.28. The van der Waals surface area contributed by atoms with Crippen molar-refractivity contribution in [1.82, 2.24) is 15.3 Å². The third-order valence-electron chi connectivity index (χ3n) is 4.57. The molecule has 2 heterocycles. The maximum Gasteiger partial charge on any atom is 0.348 e. The lowest BCUT2D eigenvalue weighted by atomic mass is 10.2. The first-order valence-corrected chi connectivity index (χ1v) is 10.5. The average molecular weight is 432 g/mol. The van der Waals surface area contributed by atoms with Crippen LogP contribution >= 0.6 is 11.3 Å². The molecule has 1 atom stereocenters. The molecule has 0 aliphatic carbocycles. The molecule has 3 aromatic rings. The lowest BCUT2D eigenvalue weighted by molar-refractivity contribution is 0.0531. The Bertz CT molecular complexity index is 1090. The molecule has 2 N–H and O–H groups in total. The first kappa shape index (κ1) is 21.8. The van der Waals surface area contributed by atoms with Gasteiger partial charge in [0.2, 0.25) is 0 Å². The van der Waals surface area contributed by atoms with Gasteiger partial charge in [0.15, 0.2) is 11.5 Å². The number of carbonyl (C=O) groups is 1. The first-order valence-electron chi connectivity index (χ1n) is 9.65. The number of H-pyrrole nitrogens is 1. The van der Waals surface area contributed by atoms with E-state index in [0.29, 0.717) is 51.1 Å². The van der Waals surface area contributed by atoms with E-state index >= 15 is 0 Å². The van der Waals surface area contributed by atoms with Crippen molar-refractivity contribution in [2.45, 2.75) is 26.8 Å². The number of nitrogens with one attached hydrogen (secondary N) is 2. The second-order valence-electron chi connectivity index (χ2n) is 6.58. The van der Waals surface area contributed by atoms with Crippen LogP contribution in [0.15, 0.2) is 29.1 Å². The first-order chi connectivity index (χ1) is 14.5. The zero-order chi connectivity index (χ0) is 21.7. The van der Waals surface area contributed by atoms with E-state index in [9.17, 15) is 9.59 Å². The number of aryl methyl sites for hydroxylation is 1. The second-order valence-corrected chi connectivity index (χ2v) is 7.58. The third-order valence-corrected chi connectivity index (χ3v) is 5.73. The molecule has 1 unspecified atom stereocenters. The van der Waals surface area contributed by atoms with Crippen molar-refractivity contribution in [1.29, 1.82) is 0 Å². The van der Waals surface area contributed by atoms with Gasteiger partial charge in [-0.15, -0.1) is 11.3 Å². The number of fused-ring (bicyclic) bond motifs is 1. The summed E-state index contributed by atoms with van der Waals surface area (Å²) in [6.07, 6.45) is 0. The van der Waals surface area contributed by atoms with E-state index in [0.717, 1.165) is 0 Å². The molecule has 160 valence electrons. The summed E-state index contributed by atoms with van der Waals surface area (Å²) in [6, 6.07) is 7.23. The fraction of sp³-hybridized carbons (Fsp3) is 0.381. The monoisotopic (exact) mass is 431 g/mol.